The molecule has 46 heavy (non-hydrogen) atoms. The van der Waals surface area contributed by atoms with Crippen LogP contribution in [0.3, 0.4) is 0 Å². The molecule has 11 heteroatoms. The second-order valence-corrected chi connectivity index (χ2v) is 10.8. The van der Waals surface area contributed by atoms with E-state index in [2.05, 4.69) is 20.9 Å². The topological polar surface area (TPSA) is 141 Å². The largest absolute Gasteiger partial charge is 0.494 e. The Kier molecular flexibility index (Phi) is 11.0. The third kappa shape index (κ3) is 7.89. The number of aliphatic imine (C=N–C) groups is 1. The smallest absolute Gasteiger partial charge is 0.266 e. The molecule has 1 aliphatic rings. The fourth-order valence-electron chi connectivity index (χ4n) is 5.34. The van der Waals surface area contributed by atoms with Crippen molar-refractivity contribution in [3.8, 4) is 5.75 Å². The highest BCUT2D eigenvalue weighted by molar-refractivity contribution is 6.01. The molecular weight excluding hydrogens is 587 g/mol. The Balaban J connectivity index is 1.50. The van der Waals surface area contributed by atoms with E-state index in [0.29, 0.717) is 37.3 Å². The maximum Gasteiger partial charge on any atom is 0.266 e. The number of ether oxygens (including phenoxy) is 2. The van der Waals surface area contributed by atoms with Crippen molar-refractivity contribution in [1.82, 2.24) is 10.9 Å². The molecule has 0 saturated heterocycles. The Morgan fingerprint density at radius 2 is 1.78 bits per heavy atom. The van der Waals surface area contributed by atoms with Crippen LogP contribution in [0.15, 0.2) is 113 Å². The number of hydrogen-bond donors (Lipinski definition) is 3. The summed E-state index contributed by atoms with van der Waals surface area (Å²) in [6, 6.07) is 30.4. The lowest BCUT2D eigenvalue weighted by Gasteiger charge is -2.31. The second-order valence-electron chi connectivity index (χ2n) is 10.8. The van der Waals surface area contributed by atoms with Gasteiger partial charge >= 0.3 is 0 Å². The van der Waals surface area contributed by atoms with Crippen LogP contribution in [0.4, 0.5) is 4.39 Å². The molecule has 0 unspecified atom stereocenters. The molecule has 10 nitrogen and oxygen atoms in total. The normalized spacial score (nSPS) is 17.0. The maximum absolute atomic E-state index is 14.4. The van der Waals surface area contributed by atoms with Gasteiger partial charge in [0.15, 0.2) is 11.6 Å². The Morgan fingerprint density at radius 3 is 2.52 bits per heavy atom. The zero-order chi connectivity index (χ0) is 32.2. The van der Waals surface area contributed by atoms with Gasteiger partial charge in [0.25, 0.3) is 5.91 Å². The first-order chi connectivity index (χ1) is 22.5. The minimum absolute atomic E-state index is 0.0411. The highest BCUT2D eigenvalue weighted by Gasteiger charge is 2.53. The van der Waals surface area contributed by atoms with E-state index >= 15 is 0 Å². The average molecular weight is 623 g/mol. The number of aliphatic hydroxyl groups is 1. The molecule has 4 aromatic carbocycles. The zero-order valence-electron chi connectivity index (χ0n) is 25.2. The summed E-state index contributed by atoms with van der Waals surface area (Å²) in [7, 11) is 0. The summed E-state index contributed by atoms with van der Waals surface area (Å²) < 4.78 is 25.9. The number of carbonyl (C=O) groups excluding carboxylic acids is 1. The van der Waals surface area contributed by atoms with Crippen LogP contribution in [0.25, 0.3) is 10.4 Å². The number of azide groups is 1. The molecule has 0 spiro atoms. The van der Waals surface area contributed by atoms with Gasteiger partial charge in [-0.1, -0.05) is 71.8 Å². The Bertz CT molecular complexity index is 1700. The van der Waals surface area contributed by atoms with Crippen molar-refractivity contribution in [3.05, 3.63) is 147 Å². The Morgan fingerprint density at radius 1 is 1.02 bits per heavy atom. The molecular formula is C35H35FN6O4. The number of rotatable bonds is 15. The molecule has 2 atom stereocenters. The quantitative estimate of drug-likeness (QED) is 0.0508. The van der Waals surface area contributed by atoms with Crippen molar-refractivity contribution in [2.75, 3.05) is 19.8 Å². The SMILES string of the molecule is [N-]=[N+]=NCc1ccccc1C[C@]1(C(=O)NNCCc2cccc(F)c2)N=C(c2ccc(OCCCO)cc2)O[C@H]1c1ccccc1. The number of benzene rings is 4. The summed E-state index contributed by atoms with van der Waals surface area (Å²) in [5, 5.41) is 12.8. The lowest BCUT2D eigenvalue weighted by Crippen LogP contribution is -2.54. The third-order valence-corrected chi connectivity index (χ3v) is 7.64. The molecule has 236 valence electrons. The van der Waals surface area contributed by atoms with Gasteiger partial charge in [-0.2, -0.15) is 0 Å². The van der Waals surface area contributed by atoms with Gasteiger partial charge in [-0.15, -0.1) is 0 Å². The number of amides is 1. The molecule has 3 N–H and O–H groups in total. The first-order valence-corrected chi connectivity index (χ1v) is 15.0. The van der Waals surface area contributed by atoms with Crippen LogP contribution in [0.5, 0.6) is 5.75 Å². The van der Waals surface area contributed by atoms with Crippen LogP contribution in [-0.4, -0.2) is 42.2 Å². The summed E-state index contributed by atoms with van der Waals surface area (Å²) in [4.78, 5) is 22.3. The van der Waals surface area contributed by atoms with Gasteiger partial charge in [0, 0.05) is 36.5 Å². The first kappa shape index (κ1) is 32.2. The molecule has 1 amide bonds. The minimum atomic E-state index is -1.47. The summed E-state index contributed by atoms with van der Waals surface area (Å²) in [5.74, 6) is 0.186. The molecule has 0 bridgehead atoms. The van der Waals surface area contributed by atoms with Gasteiger partial charge in [0.05, 0.1) is 13.2 Å². The fourth-order valence-corrected chi connectivity index (χ4v) is 5.34. The van der Waals surface area contributed by atoms with E-state index in [0.717, 1.165) is 22.3 Å². The summed E-state index contributed by atoms with van der Waals surface area (Å²) in [6.45, 7) is 0.888. The molecule has 0 fully saturated rings. The molecule has 1 heterocycles. The van der Waals surface area contributed by atoms with Gasteiger partial charge in [-0.25, -0.2) is 14.8 Å². The van der Waals surface area contributed by atoms with E-state index in [1.165, 1.54) is 12.1 Å². The van der Waals surface area contributed by atoms with Crippen LogP contribution in [0.2, 0.25) is 0 Å². The maximum atomic E-state index is 14.4. The zero-order valence-corrected chi connectivity index (χ0v) is 25.2. The van der Waals surface area contributed by atoms with Crippen LogP contribution in [0.1, 0.15) is 40.3 Å². The van der Waals surface area contributed by atoms with E-state index in [1.54, 1.807) is 18.2 Å². The number of nitrogens with one attached hydrogen (secondary N) is 2. The lowest BCUT2D eigenvalue weighted by molar-refractivity contribution is -0.130. The predicted octanol–water partition coefficient (Wildman–Crippen LogP) is 5.76. The van der Waals surface area contributed by atoms with Crippen molar-refractivity contribution in [1.29, 1.82) is 0 Å². The van der Waals surface area contributed by atoms with Crippen molar-refractivity contribution in [2.45, 2.75) is 37.5 Å². The van der Waals surface area contributed by atoms with E-state index < -0.39 is 17.6 Å². The molecule has 5 rings (SSSR count). The third-order valence-electron chi connectivity index (χ3n) is 7.64. The van der Waals surface area contributed by atoms with Crippen LogP contribution in [0, 0.1) is 5.82 Å². The number of hydrogen-bond acceptors (Lipinski definition) is 7. The van der Waals surface area contributed by atoms with Gasteiger partial charge in [0.1, 0.15) is 11.6 Å². The number of carbonyl (C=O) groups is 1. The van der Waals surface area contributed by atoms with Gasteiger partial charge in [0.2, 0.25) is 5.90 Å². The predicted molar refractivity (Wildman–Crippen MR) is 172 cm³/mol. The first-order valence-electron chi connectivity index (χ1n) is 15.0. The lowest BCUT2D eigenvalue weighted by atomic mass is 9.81. The number of nitrogens with zero attached hydrogens (tertiary/aromatic N) is 4. The molecule has 0 saturated carbocycles. The number of halogens is 1. The molecule has 0 aliphatic carbocycles. The van der Waals surface area contributed by atoms with Crippen molar-refractivity contribution in [3.63, 3.8) is 0 Å². The average Bonchev–Trinajstić information content (AvgIpc) is 3.47. The van der Waals surface area contributed by atoms with Crippen molar-refractivity contribution < 1.29 is 23.8 Å². The highest BCUT2D eigenvalue weighted by Crippen LogP contribution is 2.43. The summed E-state index contributed by atoms with van der Waals surface area (Å²) in [6.07, 6.45) is 0.347. The molecule has 0 aromatic heterocycles. The minimum Gasteiger partial charge on any atom is -0.494 e. The molecule has 0 radical (unpaired) electrons. The van der Waals surface area contributed by atoms with Crippen LogP contribution < -0.4 is 15.6 Å². The Hall–Kier alpha value is -5.22. The van der Waals surface area contributed by atoms with Crippen LogP contribution >= 0.6 is 0 Å². The number of aliphatic hydroxyl groups excluding tert-OH is 1. The summed E-state index contributed by atoms with van der Waals surface area (Å²) in [5.41, 5.74) is 17.1. The molecule has 4 aromatic rings. The van der Waals surface area contributed by atoms with Crippen molar-refractivity contribution in [2.24, 2.45) is 10.1 Å². The van der Waals surface area contributed by atoms with E-state index in [4.69, 9.17) is 25.1 Å². The van der Waals surface area contributed by atoms with E-state index in [9.17, 15) is 9.18 Å². The molecule has 1 aliphatic heterocycles. The van der Waals surface area contributed by atoms with E-state index in [1.807, 2.05) is 72.8 Å². The summed E-state index contributed by atoms with van der Waals surface area (Å²) >= 11 is 0. The van der Waals surface area contributed by atoms with Gasteiger partial charge in [-0.05, 0) is 70.6 Å². The van der Waals surface area contributed by atoms with Crippen LogP contribution in [-0.2, 0) is 28.9 Å². The van der Waals surface area contributed by atoms with Gasteiger partial charge in [-0.3, -0.25) is 10.2 Å². The monoisotopic (exact) mass is 622 g/mol. The van der Waals surface area contributed by atoms with Crippen molar-refractivity contribution >= 4 is 11.8 Å². The highest BCUT2D eigenvalue weighted by atomic mass is 19.1. The van der Waals surface area contributed by atoms with Gasteiger partial charge < -0.3 is 14.6 Å². The standard InChI is InChI=1S/C35H35FN6O4/c36-30-13-6-8-25(22-30)18-19-38-41-34(44)35(23-28-11-4-5-12-29(28)24-39-42-37)32(26-9-2-1-3-10-26)46-33(40-35)27-14-16-31(17-15-27)45-21-7-20-43/h1-6,8-17,22,32,38,43H,7,18-21,23-24H2,(H,41,44)/t32-,35-/m0/s1. The Labute approximate surface area is 266 Å². The fraction of sp³-hybridized carbons (Fsp3) is 0.257. The second kappa shape index (κ2) is 15.7. The van der Waals surface area contributed by atoms with E-state index in [-0.39, 0.29) is 31.3 Å². The number of hydrazine groups is 1.